The molecule has 2 unspecified atom stereocenters. The fraction of sp³-hybridized carbons (Fsp3) is 0.667. The fourth-order valence-electron chi connectivity index (χ4n) is 2.87. The largest absolute Gasteiger partial charge is 0.383 e. The van der Waals surface area contributed by atoms with Crippen molar-refractivity contribution in [2.75, 3.05) is 33.4 Å². The lowest BCUT2D eigenvalue weighted by Crippen LogP contribution is -2.49. The van der Waals surface area contributed by atoms with Crippen molar-refractivity contribution in [3.05, 3.63) is 18.0 Å². The smallest absolute Gasteiger partial charge is 0.321 e. The molecule has 23 heavy (non-hydrogen) atoms. The summed E-state index contributed by atoms with van der Waals surface area (Å²) < 4.78 is 4.93. The van der Waals surface area contributed by atoms with E-state index in [0.29, 0.717) is 12.5 Å². The quantitative estimate of drug-likeness (QED) is 0.706. The first-order valence-electron chi connectivity index (χ1n) is 7.89. The summed E-state index contributed by atoms with van der Waals surface area (Å²) in [4.78, 5) is 25.8. The SMILES string of the molecule is COCC(C)NC(=O)NC(=O)CN1CCCC(c2ccn[nH]2)C1. The number of piperidine rings is 1. The Morgan fingerprint density at radius 3 is 3.09 bits per heavy atom. The molecule has 0 bridgehead atoms. The van der Waals surface area contributed by atoms with Crippen molar-refractivity contribution < 1.29 is 14.3 Å². The Hall–Kier alpha value is -1.93. The molecular weight excluding hydrogens is 298 g/mol. The molecule has 1 aliphatic heterocycles. The zero-order valence-electron chi connectivity index (χ0n) is 13.7. The Kier molecular flexibility index (Phi) is 6.54. The summed E-state index contributed by atoms with van der Waals surface area (Å²) in [5, 5.41) is 12.0. The minimum Gasteiger partial charge on any atom is -0.383 e. The minimum atomic E-state index is -0.485. The number of aromatic nitrogens is 2. The van der Waals surface area contributed by atoms with Gasteiger partial charge < -0.3 is 10.1 Å². The topological polar surface area (TPSA) is 99.3 Å². The fourth-order valence-corrected chi connectivity index (χ4v) is 2.87. The number of rotatable bonds is 6. The average Bonchev–Trinajstić information content (AvgIpc) is 3.01. The van der Waals surface area contributed by atoms with Crippen LogP contribution in [-0.2, 0) is 9.53 Å². The summed E-state index contributed by atoms with van der Waals surface area (Å²) in [5.74, 6) is 0.0620. The zero-order valence-corrected chi connectivity index (χ0v) is 13.7. The van der Waals surface area contributed by atoms with Gasteiger partial charge in [-0.1, -0.05) is 0 Å². The van der Waals surface area contributed by atoms with E-state index in [4.69, 9.17) is 4.74 Å². The molecule has 8 nitrogen and oxygen atoms in total. The lowest BCUT2D eigenvalue weighted by atomic mass is 9.95. The first-order chi connectivity index (χ1) is 11.1. The Labute approximate surface area is 135 Å². The number of H-pyrrole nitrogens is 1. The van der Waals surface area contributed by atoms with E-state index < -0.39 is 6.03 Å². The molecule has 2 rings (SSSR count). The van der Waals surface area contributed by atoms with Crippen molar-refractivity contribution in [1.29, 1.82) is 0 Å². The number of ether oxygens (including phenoxy) is 1. The maximum atomic E-state index is 12.0. The van der Waals surface area contributed by atoms with E-state index in [2.05, 4.69) is 25.7 Å². The number of carbonyl (C=O) groups excluding carboxylic acids is 2. The number of methoxy groups -OCH3 is 1. The van der Waals surface area contributed by atoms with Crippen LogP contribution in [0.2, 0.25) is 0 Å². The molecule has 3 amide bonds. The van der Waals surface area contributed by atoms with Crippen LogP contribution in [-0.4, -0.2) is 66.4 Å². The lowest BCUT2D eigenvalue weighted by Gasteiger charge is -2.31. The van der Waals surface area contributed by atoms with Crippen LogP contribution in [0.5, 0.6) is 0 Å². The van der Waals surface area contributed by atoms with Crippen LogP contribution in [0.3, 0.4) is 0 Å². The van der Waals surface area contributed by atoms with Crippen LogP contribution < -0.4 is 10.6 Å². The third kappa shape index (κ3) is 5.65. The molecule has 0 aliphatic carbocycles. The molecule has 0 aromatic carbocycles. The summed E-state index contributed by atoms with van der Waals surface area (Å²) in [5.41, 5.74) is 1.10. The maximum absolute atomic E-state index is 12.0. The first kappa shape index (κ1) is 17.4. The number of likely N-dealkylation sites (tertiary alicyclic amines) is 1. The Bertz CT molecular complexity index is 505. The Morgan fingerprint density at radius 2 is 2.39 bits per heavy atom. The highest BCUT2D eigenvalue weighted by molar-refractivity contribution is 5.95. The Morgan fingerprint density at radius 1 is 1.57 bits per heavy atom. The van der Waals surface area contributed by atoms with E-state index in [1.54, 1.807) is 13.3 Å². The molecule has 0 saturated carbocycles. The van der Waals surface area contributed by atoms with Crippen molar-refractivity contribution in [3.63, 3.8) is 0 Å². The molecule has 1 aromatic heterocycles. The van der Waals surface area contributed by atoms with Gasteiger partial charge in [0.2, 0.25) is 5.91 Å². The molecule has 128 valence electrons. The second-order valence-electron chi connectivity index (χ2n) is 5.96. The van der Waals surface area contributed by atoms with Crippen LogP contribution in [0.25, 0.3) is 0 Å². The van der Waals surface area contributed by atoms with Crippen molar-refractivity contribution >= 4 is 11.9 Å². The zero-order chi connectivity index (χ0) is 16.7. The first-order valence-corrected chi connectivity index (χ1v) is 7.89. The second kappa shape index (κ2) is 8.64. The van der Waals surface area contributed by atoms with E-state index in [9.17, 15) is 9.59 Å². The summed E-state index contributed by atoms with van der Waals surface area (Å²) in [6.07, 6.45) is 3.84. The van der Waals surface area contributed by atoms with Crippen LogP contribution in [0.1, 0.15) is 31.4 Å². The number of urea groups is 1. The summed E-state index contributed by atoms with van der Waals surface area (Å²) in [7, 11) is 1.56. The van der Waals surface area contributed by atoms with Gasteiger partial charge in [-0.15, -0.1) is 0 Å². The number of hydrogen-bond acceptors (Lipinski definition) is 5. The normalized spacial score (nSPS) is 20.0. The van der Waals surface area contributed by atoms with E-state index in [0.717, 1.165) is 31.6 Å². The van der Waals surface area contributed by atoms with Gasteiger partial charge in [0.1, 0.15) is 0 Å². The van der Waals surface area contributed by atoms with Crippen molar-refractivity contribution in [3.8, 4) is 0 Å². The third-order valence-corrected chi connectivity index (χ3v) is 3.88. The second-order valence-corrected chi connectivity index (χ2v) is 5.96. The van der Waals surface area contributed by atoms with E-state index in [-0.39, 0.29) is 18.5 Å². The van der Waals surface area contributed by atoms with E-state index >= 15 is 0 Å². The predicted molar refractivity (Wildman–Crippen MR) is 85.0 cm³/mol. The van der Waals surface area contributed by atoms with Crippen molar-refractivity contribution in [1.82, 2.24) is 25.7 Å². The number of imide groups is 1. The molecule has 1 saturated heterocycles. The number of carbonyl (C=O) groups is 2. The predicted octanol–water partition coefficient (Wildman–Crippen LogP) is 0.450. The highest BCUT2D eigenvalue weighted by Gasteiger charge is 2.24. The standard InChI is InChI=1S/C15H25N5O3/c1-11(10-23-2)17-15(22)18-14(21)9-20-7-3-4-12(8-20)13-5-6-16-19-13/h5-6,11-12H,3-4,7-10H2,1-2H3,(H,16,19)(H2,17,18,21,22). The van der Waals surface area contributed by atoms with Gasteiger partial charge in [0, 0.05) is 31.5 Å². The van der Waals surface area contributed by atoms with E-state index in [1.807, 2.05) is 13.0 Å². The summed E-state index contributed by atoms with van der Waals surface area (Å²) >= 11 is 0. The number of aromatic amines is 1. The van der Waals surface area contributed by atoms with E-state index in [1.165, 1.54) is 0 Å². The third-order valence-electron chi connectivity index (χ3n) is 3.88. The van der Waals surface area contributed by atoms with Gasteiger partial charge in [-0.25, -0.2) is 4.79 Å². The van der Waals surface area contributed by atoms with Gasteiger partial charge in [-0.2, -0.15) is 5.10 Å². The molecule has 0 spiro atoms. The molecule has 3 N–H and O–H groups in total. The Balaban J connectivity index is 1.75. The number of hydrogen-bond donors (Lipinski definition) is 3. The number of amides is 3. The molecular formula is C15H25N5O3. The molecule has 1 aliphatic rings. The van der Waals surface area contributed by atoms with Crippen molar-refractivity contribution in [2.24, 2.45) is 0 Å². The molecule has 0 radical (unpaired) electrons. The van der Waals surface area contributed by atoms with Gasteiger partial charge >= 0.3 is 6.03 Å². The van der Waals surface area contributed by atoms with Gasteiger partial charge in [0.05, 0.1) is 19.2 Å². The molecule has 2 atom stereocenters. The van der Waals surface area contributed by atoms with Gasteiger partial charge in [-0.3, -0.25) is 20.1 Å². The van der Waals surface area contributed by atoms with Gasteiger partial charge in [-0.05, 0) is 32.4 Å². The summed E-state index contributed by atoms with van der Waals surface area (Å²) in [6, 6.07) is 1.34. The van der Waals surface area contributed by atoms with Crippen LogP contribution in [0, 0.1) is 0 Å². The monoisotopic (exact) mass is 323 g/mol. The molecule has 2 heterocycles. The average molecular weight is 323 g/mol. The number of nitrogens with zero attached hydrogens (tertiary/aromatic N) is 2. The maximum Gasteiger partial charge on any atom is 0.321 e. The van der Waals surface area contributed by atoms with Crippen LogP contribution >= 0.6 is 0 Å². The van der Waals surface area contributed by atoms with Gasteiger partial charge in [0.15, 0.2) is 0 Å². The van der Waals surface area contributed by atoms with Crippen LogP contribution in [0.15, 0.2) is 12.3 Å². The van der Waals surface area contributed by atoms with Crippen LogP contribution in [0.4, 0.5) is 4.79 Å². The van der Waals surface area contributed by atoms with Gasteiger partial charge in [0.25, 0.3) is 0 Å². The summed E-state index contributed by atoms with van der Waals surface area (Å²) in [6.45, 7) is 4.08. The number of nitrogens with one attached hydrogen (secondary N) is 3. The molecule has 1 aromatic rings. The molecule has 8 heteroatoms. The molecule has 1 fully saturated rings. The highest BCUT2D eigenvalue weighted by atomic mass is 16.5. The lowest BCUT2D eigenvalue weighted by molar-refractivity contribution is -0.121. The highest BCUT2D eigenvalue weighted by Crippen LogP contribution is 2.24. The van der Waals surface area contributed by atoms with Crippen molar-refractivity contribution in [2.45, 2.75) is 31.7 Å². The minimum absolute atomic E-state index is 0.146.